The summed E-state index contributed by atoms with van der Waals surface area (Å²) in [7, 11) is 0. The van der Waals surface area contributed by atoms with Gasteiger partial charge < -0.3 is 0 Å². The van der Waals surface area contributed by atoms with Crippen LogP contribution in [0.15, 0.2) is 0 Å². The fourth-order valence-corrected chi connectivity index (χ4v) is 2.46. The molecule has 0 aliphatic carbocycles. The van der Waals surface area contributed by atoms with E-state index in [4.69, 9.17) is 0 Å². The summed E-state index contributed by atoms with van der Waals surface area (Å²) in [4.78, 5) is 22.4. The Labute approximate surface area is 125 Å². The average molecular weight is 282 g/mol. The molecule has 0 N–H and O–H groups in total. The largest absolute Gasteiger partial charge is 0.300 e. The summed E-state index contributed by atoms with van der Waals surface area (Å²) < 4.78 is 0. The van der Waals surface area contributed by atoms with E-state index in [2.05, 4.69) is 6.92 Å². The lowest BCUT2D eigenvalue weighted by atomic mass is 10.0. The quantitative estimate of drug-likeness (QED) is 0.365. The van der Waals surface area contributed by atoms with Gasteiger partial charge in [0.2, 0.25) is 0 Å². The Morgan fingerprint density at radius 1 is 0.550 bits per heavy atom. The molecule has 2 heteroatoms. The van der Waals surface area contributed by atoms with Crippen LogP contribution < -0.4 is 0 Å². The molecule has 0 spiro atoms. The molecule has 0 radical (unpaired) electrons. The van der Waals surface area contributed by atoms with Crippen LogP contribution in [-0.2, 0) is 9.59 Å². The maximum Gasteiger partial charge on any atom is 0.132 e. The number of carbonyl (C=O) groups excluding carboxylic acids is 2. The Morgan fingerprint density at radius 2 is 0.950 bits per heavy atom. The van der Waals surface area contributed by atoms with Crippen molar-refractivity contribution >= 4 is 11.6 Å². The Bertz CT molecular complexity index is 246. The molecule has 2 nitrogen and oxygen atoms in total. The minimum absolute atomic E-state index is 0.405. The average Bonchev–Trinajstić information content (AvgIpc) is 2.44. The maximum absolute atomic E-state index is 11.3. The molecule has 0 saturated carbocycles. The van der Waals surface area contributed by atoms with E-state index in [1.165, 1.54) is 44.9 Å². The maximum atomic E-state index is 11.3. The molecule has 0 bridgehead atoms. The van der Waals surface area contributed by atoms with Crippen molar-refractivity contribution in [3.05, 3.63) is 0 Å². The standard InChI is InChI=1S/C18H34O2/c1-3-14-18(20)16-13-11-9-7-5-6-8-10-12-15-17(19)4-2/h3-16H2,1-2H3. The van der Waals surface area contributed by atoms with Crippen LogP contribution in [0.25, 0.3) is 0 Å². The monoisotopic (exact) mass is 282 g/mol. The molecule has 0 fully saturated rings. The van der Waals surface area contributed by atoms with Crippen LogP contribution in [0.4, 0.5) is 0 Å². The van der Waals surface area contributed by atoms with Gasteiger partial charge >= 0.3 is 0 Å². The third-order valence-corrected chi connectivity index (χ3v) is 3.83. The van der Waals surface area contributed by atoms with Gasteiger partial charge in [0.25, 0.3) is 0 Å². The highest BCUT2D eigenvalue weighted by molar-refractivity contribution is 5.78. The molecule has 0 amide bonds. The fraction of sp³-hybridized carbons (Fsp3) is 0.889. The van der Waals surface area contributed by atoms with E-state index in [0.29, 0.717) is 18.0 Å². The Hall–Kier alpha value is -0.660. The number of rotatable bonds is 15. The van der Waals surface area contributed by atoms with E-state index in [0.717, 1.165) is 38.5 Å². The number of carbonyl (C=O) groups is 2. The first kappa shape index (κ1) is 19.3. The molecular formula is C18H34O2. The topological polar surface area (TPSA) is 34.1 Å². The van der Waals surface area contributed by atoms with Gasteiger partial charge in [0.1, 0.15) is 11.6 Å². The van der Waals surface area contributed by atoms with Crippen molar-refractivity contribution in [1.82, 2.24) is 0 Å². The van der Waals surface area contributed by atoms with Gasteiger partial charge in [-0.05, 0) is 19.3 Å². The zero-order chi connectivity index (χ0) is 15.1. The molecule has 0 heterocycles. The number of Topliss-reactive ketones (excluding diaryl/α,β-unsaturated/α-hetero) is 2. The highest BCUT2D eigenvalue weighted by atomic mass is 16.1. The van der Waals surface area contributed by atoms with Crippen molar-refractivity contribution < 1.29 is 9.59 Å². The Balaban J connectivity index is 3.10. The molecule has 0 aliphatic rings. The van der Waals surface area contributed by atoms with Crippen molar-refractivity contribution in [2.24, 2.45) is 0 Å². The van der Waals surface area contributed by atoms with Gasteiger partial charge in [0.15, 0.2) is 0 Å². The Kier molecular flexibility index (Phi) is 14.3. The van der Waals surface area contributed by atoms with Crippen LogP contribution in [0, 0.1) is 0 Å². The molecule has 0 aromatic carbocycles. The molecular weight excluding hydrogens is 248 g/mol. The van der Waals surface area contributed by atoms with E-state index in [9.17, 15) is 9.59 Å². The second kappa shape index (κ2) is 14.7. The van der Waals surface area contributed by atoms with Gasteiger partial charge in [-0.3, -0.25) is 9.59 Å². The van der Waals surface area contributed by atoms with Crippen molar-refractivity contribution in [3.63, 3.8) is 0 Å². The summed E-state index contributed by atoms with van der Waals surface area (Å²) in [5.41, 5.74) is 0. The minimum atomic E-state index is 0.405. The zero-order valence-electron chi connectivity index (χ0n) is 13.7. The zero-order valence-corrected chi connectivity index (χ0v) is 13.7. The molecule has 118 valence electrons. The van der Waals surface area contributed by atoms with E-state index < -0.39 is 0 Å². The molecule has 0 saturated heterocycles. The van der Waals surface area contributed by atoms with Crippen LogP contribution in [0.2, 0.25) is 0 Å². The van der Waals surface area contributed by atoms with Gasteiger partial charge in [-0.1, -0.05) is 58.8 Å². The SMILES string of the molecule is CCCC(=O)CCCCCCCCCCCC(=O)CC. The van der Waals surface area contributed by atoms with Crippen LogP contribution in [0.5, 0.6) is 0 Å². The molecule has 0 aromatic rings. The van der Waals surface area contributed by atoms with Crippen LogP contribution in [0.3, 0.4) is 0 Å². The molecule has 0 unspecified atom stereocenters. The first-order valence-electron chi connectivity index (χ1n) is 8.74. The summed E-state index contributed by atoms with van der Waals surface area (Å²) in [6.45, 7) is 4.01. The van der Waals surface area contributed by atoms with E-state index in [-0.39, 0.29) is 0 Å². The third-order valence-electron chi connectivity index (χ3n) is 3.83. The van der Waals surface area contributed by atoms with E-state index in [1.54, 1.807) is 0 Å². The number of hydrogen-bond donors (Lipinski definition) is 0. The summed E-state index contributed by atoms with van der Waals surface area (Å²) in [6, 6.07) is 0. The molecule has 0 atom stereocenters. The third kappa shape index (κ3) is 13.8. The summed E-state index contributed by atoms with van der Waals surface area (Å²) in [5.74, 6) is 0.844. The smallest absolute Gasteiger partial charge is 0.132 e. The molecule has 0 rings (SSSR count). The lowest BCUT2D eigenvalue weighted by Gasteiger charge is -2.02. The number of unbranched alkanes of at least 4 members (excludes halogenated alkanes) is 8. The summed E-state index contributed by atoms with van der Waals surface area (Å²) >= 11 is 0. The lowest BCUT2D eigenvalue weighted by Crippen LogP contribution is -1.96. The van der Waals surface area contributed by atoms with Crippen LogP contribution >= 0.6 is 0 Å². The van der Waals surface area contributed by atoms with Crippen molar-refractivity contribution in [2.45, 2.75) is 104 Å². The van der Waals surface area contributed by atoms with Gasteiger partial charge in [0, 0.05) is 25.7 Å². The second-order valence-corrected chi connectivity index (χ2v) is 5.86. The van der Waals surface area contributed by atoms with E-state index >= 15 is 0 Å². The normalized spacial score (nSPS) is 10.7. The second-order valence-electron chi connectivity index (χ2n) is 5.86. The number of hydrogen-bond acceptors (Lipinski definition) is 2. The van der Waals surface area contributed by atoms with Crippen LogP contribution in [-0.4, -0.2) is 11.6 Å². The summed E-state index contributed by atoms with van der Waals surface area (Å²) in [6.07, 6.45) is 15.0. The number of ketones is 2. The lowest BCUT2D eigenvalue weighted by molar-refractivity contribution is -0.119. The first-order valence-corrected chi connectivity index (χ1v) is 8.74. The van der Waals surface area contributed by atoms with Crippen molar-refractivity contribution in [2.75, 3.05) is 0 Å². The van der Waals surface area contributed by atoms with Gasteiger partial charge in [-0.15, -0.1) is 0 Å². The summed E-state index contributed by atoms with van der Waals surface area (Å²) in [5, 5.41) is 0. The predicted octanol–water partition coefficient (Wildman–Crippen LogP) is 5.63. The molecule has 0 aliphatic heterocycles. The molecule has 0 aromatic heterocycles. The van der Waals surface area contributed by atoms with Gasteiger partial charge in [0.05, 0.1) is 0 Å². The van der Waals surface area contributed by atoms with Crippen LogP contribution in [0.1, 0.15) is 104 Å². The minimum Gasteiger partial charge on any atom is -0.300 e. The molecule has 20 heavy (non-hydrogen) atoms. The van der Waals surface area contributed by atoms with Crippen molar-refractivity contribution in [3.8, 4) is 0 Å². The van der Waals surface area contributed by atoms with E-state index in [1.807, 2.05) is 6.92 Å². The van der Waals surface area contributed by atoms with Crippen molar-refractivity contribution in [1.29, 1.82) is 0 Å². The highest BCUT2D eigenvalue weighted by Gasteiger charge is 2.00. The first-order chi connectivity index (χ1) is 9.70. The van der Waals surface area contributed by atoms with Gasteiger partial charge in [-0.25, -0.2) is 0 Å². The highest BCUT2D eigenvalue weighted by Crippen LogP contribution is 2.12. The Morgan fingerprint density at radius 3 is 1.35 bits per heavy atom. The van der Waals surface area contributed by atoms with Gasteiger partial charge in [-0.2, -0.15) is 0 Å². The predicted molar refractivity (Wildman–Crippen MR) is 86.0 cm³/mol. The fourth-order valence-electron chi connectivity index (χ4n) is 2.46.